The second-order valence-corrected chi connectivity index (χ2v) is 5.31. The van der Waals surface area contributed by atoms with Crippen molar-refractivity contribution in [2.45, 2.75) is 38.2 Å². The Morgan fingerprint density at radius 3 is 2.56 bits per heavy atom. The highest BCUT2D eigenvalue weighted by molar-refractivity contribution is 7.80. The average molecular weight is 265 g/mol. The Morgan fingerprint density at radius 1 is 1.44 bits per heavy atom. The van der Waals surface area contributed by atoms with Gasteiger partial charge < -0.3 is 4.74 Å². The lowest BCUT2D eigenvalue weighted by atomic mass is 10.1. The van der Waals surface area contributed by atoms with E-state index in [1.807, 2.05) is 0 Å². The Bertz CT molecular complexity index is 529. The van der Waals surface area contributed by atoms with Crippen LogP contribution in [0.25, 0.3) is 10.4 Å². The number of thiol groups is 1. The molecule has 1 aromatic carbocycles. The molecule has 0 unspecified atom stereocenters. The van der Waals surface area contributed by atoms with Crippen LogP contribution in [-0.2, 0) is 4.74 Å². The van der Waals surface area contributed by atoms with E-state index in [1.165, 1.54) is 6.07 Å². The first-order valence-corrected chi connectivity index (χ1v) is 5.81. The number of hydrogen-bond acceptors (Lipinski definition) is 4. The van der Waals surface area contributed by atoms with Gasteiger partial charge in [0.15, 0.2) is 0 Å². The van der Waals surface area contributed by atoms with E-state index in [4.69, 9.17) is 10.3 Å². The second kappa shape index (κ2) is 5.33. The molecule has 18 heavy (non-hydrogen) atoms. The molecule has 0 aliphatic carbocycles. The third kappa shape index (κ3) is 3.68. The maximum atomic E-state index is 11.9. The van der Waals surface area contributed by atoms with Crippen LogP contribution in [0.4, 0.5) is 5.69 Å². The van der Waals surface area contributed by atoms with Crippen LogP contribution < -0.4 is 0 Å². The van der Waals surface area contributed by atoms with Gasteiger partial charge in [0, 0.05) is 15.5 Å². The second-order valence-electron chi connectivity index (χ2n) is 4.83. The van der Waals surface area contributed by atoms with Crippen molar-refractivity contribution in [1.29, 1.82) is 0 Å². The van der Waals surface area contributed by atoms with Gasteiger partial charge in [-0.15, -0.1) is 12.6 Å². The standard InChI is InChI=1S/C12H15N3O2S/c1-7-9(14-15-13)5-8(6-10(7)18)11(16)17-12(2,3)4/h5-6,18H,1-4H3. The molecule has 6 heteroatoms. The summed E-state index contributed by atoms with van der Waals surface area (Å²) in [4.78, 5) is 15.2. The van der Waals surface area contributed by atoms with E-state index < -0.39 is 11.6 Å². The predicted molar refractivity (Wildman–Crippen MR) is 72.4 cm³/mol. The number of carbonyl (C=O) groups excluding carboxylic acids is 1. The number of esters is 1. The highest BCUT2D eigenvalue weighted by atomic mass is 32.1. The quantitative estimate of drug-likeness (QED) is 0.286. The zero-order chi connectivity index (χ0) is 13.9. The van der Waals surface area contributed by atoms with Gasteiger partial charge in [0.1, 0.15) is 5.60 Å². The topological polar surface area (TPSA) is 75.1 Å². The Labute approximate surface area is 111 Å². The fourth-order valence-corrected chi connectivity index (χ4v) is 1.54. The van der Waals surface area contributed by atoms with Crippen molar-refractivity contribution in [2.75, 3.05) is 0 Å². The van der Waals surface area contributed by atoms with Crippen LogP contribution in [0.5, 0.6) is 0 Å². The summed E-state index contributed by atoms with van der Waals surface area (Å²) in [7, 11) is 0. The first-order valence-electron chi connectivity index (χ1n) is 5.36. The molecule has 0 aliphatic heterocycles. The summed E-state index contributed by atoms with van der Waals surface area (Å²) < 4.78 is 5.24. The van der Waals surface area contributed by atoms with Crippen molar-refractivity contribution < 1.29 is 9.53 Å². The summed E-state index contributed by atoms with van der Waals surface area (Å²) >= 11 is 4.24. The van der Waals surface area contributed by atoms with Crippen LogP contribution in [-0.4, -0.2) is 11.6 Å². The van der Waals surface area contributed by atoms with Gasteiger partial charge >= 0.3 is 5.97 Å². The summed E-state index contributed by atoms with van der Waals surface area (Å²) in [6.45, 7) is 7.13. The monoisotopic (exact) mass is 265 g/mol. The van der Waals surface area contributed by atoms with Crippen molar-refractivity contribution in [2.24, 2.45) is 5.11 Å². The number of azide groups is 1. The maximum absolute atomic E-state index is 11.9. The molecule has 1 aromatic rings. The maximum Gasteiger partial charge on any atom is 0.338 e. The number of ether oxygens (including phenoxy) is 1. The minimum Gasteiger partial charge on any atom is -0.456 e. The molecule has 96 valence electrons. The van der Waals surface area contributed by atoms with E-state index in [1.54, 1.807) is 33.8 Å². The predicted octanol–water partition coefficient (Wildman–Crippen LogP) is 4.18. The lowest BCUT2D eigenvalue weighted by Crippen LogP contribution is -2.23. The van der Waals surface area contributed by atoms with E-state index in [2.05, 4.69) is 22.7 Å². The minimum atomic E-state index is -0.572. The van der Waals surface area contributed by atoms with Crippen molar-refractivity contribution >= 4 is 24.3 Å². The number of nitrogens with zero attached hydrogens (tertiary/aromatic N) is 3. The first kappa shape index (κ1) is 14.4. The van der Waals surface area contributed by atoms with Gasteiger partial charge in [0.05, 0.1) is 5.56 Å². The smallest absolute Gasteiger partial charge is 0.338 e. The number of benzene rings is 1. The molecule has 0 fully saturated rings. The molecule has 0 aromatic heterocycles. The normalized spacial score (nSPS) is 10.7. The van der Waals surface area contributed by atoms with Crippen LogP contribution in [0.3, 0.4) is 0 Å². The molecule has 0 amide bonds. The largest absolute Gasteiger partial charge is 0.456 e. The van der Waals surface area contributed by atoms with Crippen molar-refractivity contribution in [3.8, 4) is 0 Å². The van der Waals surface area contributed by atoms with E-state index in [0.29, 0.717) is 16.1 Å². The molecule has 0 saturated heterocycles. The van der Waals surface area contributed by atoms with Gasteiger partial charge in [0.25, 0.3) is 0 Å². The molecule has 0 N–H and O–H groups in total. The molecule has 0 radical (unpaired) electrons. The fourth-order valence-electron chi connectivity index (χ4n) is 1.29. The van der Waals surface area contributed by atoms with Crippen molar-refractivity contribution in [1.82, 2.24) is 0 Å². The summed E-state index contributed by atoms with van der Waals surface area (Å²) in [5.74, 6) is -0.466. The number of carbonyl (C=O) groups is 1. The molecular weight excluding hydrogens is 250 g/mol. The van der Waals surface area contributed by atoms with Gasteiger partial charge in [0.2, 0.25) is 0 Å². The number of hydrogen-bond donors (Lipinski definition) is 1. The lowest BCUT2D eigenvalue weighted by molar-refractivity contribution is 0.00693. The highest BCUT2D eigenvalue weighted by Gasteiger charge is 2.19. The Morgan fingerprint density at radius 2 is 2.06 bits per heavy atom. The molecule has 0 atom stereocenters. The molecule has 0 spiro atoms. The molecule has 0 heterocycles. The Balaban J connectivity index is 3.19. The molecule has 0 bridgehead atoms. The Kier molecular flexibility index (Phi) is 4.27. The summed E-state index contributed by atoms with van der Waals surface area (Å²) in [5, 5.41) is 3.53. The van der Waals surface area contributed by atoms with Crippen molar-refractivity contribution in [3.05, 3.63) is 33.7 Å². The van der Waals surface area contributed by atoms with Gasteiger partial charge in [-0.2, -0.15) is 0 Å². The van der Waals surface area contributed by atoms with Crippen LogP contribution in [0.15, 0.2) is 22.1 Å². The molecule has 0 saturated carbocycles. The van der Waals surface area contributed by atoms with Gasteiger partial charge in [-0.3, -0.25) is 0 Å². The van der Waals surface area contributed by atoms with Crippen LogP contribution in [0, 0.1) is 6.92 Å². The fraction of sp³-hybridized carbons (Fsp3) is 0.417. The summed E-state index contributed by atoms with van der Waals surface area (Å²) in [6.07, 6.45) is 0. The van der Waals surface area contributed by atoms with Gasteiger partial charge in [-0.05, 0) is 50.9 Å². The van der Waals surface area contributed by atoms with Crippen LogP contribution in [0.1, 0.15) is 36.7 Å². The van der Waals surface area contributed by atoms with Gasteiger partial charge in [-0.25, -0.2) is 4.79 Å². The van der Waals surface area contributed by atoms with Gasteiger partial charge in [-0.1, -0.05) is 5.11 Å². The third-order valence-electron chi connectivity index (χ3n) is 2.14. The van der Waals surface area contributed by atoms with E-state index in [9.17, 15) is 4.79 Å². The third-order valence-corrected chi connectivity index (χ3v) is 2.60. The lowest BCUT2D eigenvalue weighted by Gasteiger charge is -2.20. The van der Waals surface area contributed by atoms with Crippen LogP contribution in [0.2, 0.25) is 0 Å². The molecule has 5 nitrogen and oxygen atoms in total. The van der Waals surface area contributed by atoms with E-state index >= 15 is 0 Å². The molecule has 0 aliphatic rings. The average Bonchev–Trinajstić information content (AvgIpc) is 2.22. The molecule has 1 rings (SSSR count). The Hall–Kier alpha value is -1.65. The van der Waals surface area contributed by atoms with Crippen molar-refractivity contribution in [3.63, 3.8) is 0 Å². The molecular formula is C12H15N3O2S. The highest BCUT2D eigenvalue weighted by Crippen LogP contribution is 2.28. The van der Waals surface area contributed by atoms with E-state index in [-0.39, 0.29) is 0 Å². The summed E-state index contributed by atoms with van der Waals surface area (Å²) in [5.41, 5.74) is 9.32. The first-order chi connectivity index (χ1) is 8.24. The zero-order valence-electron chi connectivity index (χ0n) is 10.8. The summed E-state index contributed by atoms with van der Waals surface area (Å²) in [6, 6.07) is 3.10. The minimum absolute atomic E-state index is 0.322. The number of rotatable bonds is 2. The van der Waals surface area contributed by atoms with E-state index in [0.717, 1.165) is 5.56 Å². The SMILES string of the molecule is Cc1c(S)cc(C(=O)OC(C)(C)C)cc1N=[N+]=[N-]. The zero-order valence-corrected chi connectivity index (χ0v) is 11.7. The van der Waals surface area contributed by atoms with Crippen LogP contribution >= 0.6 is 12.6 Å².